The van der Waals surface area contributed by atoms with Crippen LogP contribution in [0.1, 0.15) is 11.3 Å². The fourth-order valence-corrected chi connectivity index (χ4v) is 2.30. The molecule has 5 nitrogen and oxygen atoms in total. The maximum atomic E-state index is 4.96. The van der Waals surface area contributed by atoms with Crippen LogP contribution in [0, 0.1) is 0 Å². The van der Waals surface area contributed by atoms with Crippen LogP contribution in [0.2, 0.25) is 0 Å². The van der Waals surface area contributed by atoms with Crippen molar-refractivity contribution in [3.63, 3.8) is 0 Å². The minimum Gasteiger partial charge on any atom is -0.383 e. The molecule has 0 unspecified atom stereocenters. The Morgan fingerprint density at radius 3 is 3.22 bits per heavy atom. The van der Waals surface area contributed by atoms with Gasteiger partial charge >= 0.3 is 0 Å². The number of nitrogens with zero attached hydrogens (tertiary/aromatic N) is 3. The van der Waals surface area contributed by atoms with E-state index in [0.717, 1.165) is 31.7 Å². The summed E-state index contributed by atoms with van der Waals surface area (Å²) in [6.45, 7) is 3.16. The summed E-state index contributed by atoms with van der Waals surface area (Å²) in [4.78, 5) is 0. The lowest BCUT2D eigenvalue weighted by molar-refractivity contribution is 0.199. The predicted molar refractivity (Wildman–Crippen MR) is 71.6 cm³/mol. The molecule has 0 aliphatic rings. The smallest absolute Gasteiger partial charge is 0.0964 e. The van der Waals surface area contributed by atoms with E-state index in [-0.39, 0.29) is 0 Å². The van der Waals surface area contributed by atoms with Crippen molar-refractivity contribution in [1.82, 2.24) is 20.3 Å². The number of thiophene rings is 1. The third-order valence-electron chi connectivity index (χ3n) is 2.58. The number of aromatic nitrogens is 3. The lowest BCUT2D eigenvalue weighted by Crippen LogP contribution is -2.18. The molecule has 2 heterocycles. The highest BCUT2D eigenvalue weighted by atomic mass is 32.1. The first kappa shape index (κ1) is 13.2. The molecule has 0 amide bonds. The summed E-state index contributed by atoms with van der Waals surface area (Å²) in [6, 6.07) is 2.15. The molecule has 0 fully saturated rings. The van der Waals surface area contributed by atoms with Gasteiger partial charge in [0.2, 0.25) is 0 Å². The van der Waals surface area contributed by atoms with Crippen LogP contribution in [0.5, 0.6) is 0 Å². The fourth-order valence-electron chi connectivity index (χ4n) is 1.60. The van der Waals surface area contributed by atoms with Crippen molar-refractivity contribution in [2.24, 2.45) is 0 Å². The molecule has 0 saturated heterocycles. The number of rotatable bonds is 8. The standard InChI is InChI=1S/C12H18N4OS/c1-17-6-4-13-8-12-9-16(15-14-12)5-2-11-3-7-18-10-11/h3,7,9-10,13H,2,4-6,8H2,1H3. The van der Waals surface area contributed by atoms with E-state index in [1.54, 1.807) is 18.4 Å². The van der Waals surface area contributed by atoms with E-state index in [1.165, 1.54) is 5.56 Å². The fraction of sp³-hybridized carbons (Fsp3) is 0.500. The van der Waals surface area contributed by atoms with Gasteiger partial charge in [-0.05, 0) is 28.8 Å². The van der Waals surface area contributed by atoms with Crippen LogP contribution < -0.4 is 5.32 Å². The van der Waals surface area contributed by atoms with Gasteiger partial charge in [0.05, 0.1) is 12.3 Å². The Hall–Kier alpha value is -1.24. The van der Waals surface area contributed by atoms with Gasteiger partial charge in [-0.15, -0.1) is 5.10 Å². The van der Waals surface area contributed by atoms with Crippen molar-refractivity contribution in [3.05, 3.63) is 34.3 Å². The summed E-state index contributed by atoms with van der Waals surface area (Å²) in [7, 11) is 1.70. The van der Waals surface area contributed by atoms with E-state index in [0.29, 0.717) is 6.61 Å². The van der Waals surface area contributed by atoms with E-state index < -0.39 is 0 Å². The summed E-state index contributed by atoms with van der Waals surface area (Å²) >= 11 is 1.73. The SMILES string of the molecule is COCCNCc1cn(CCc2ccsc2)nn1. The molecular formula is C12H18N4OS. The summed E-state index contributed by atoms with van der Waals surface area (Å²) in [5.74, 6) is 0. The normalized spacial score (nSPS) is 10.9. The van der Waals surface area contributed by atoms with Gasteiger partial charge in [-0.25, -0.2) is 0 Å². The quantitative estimate of drug-likeness (QED) is 0.732. The second kappa shape index (κ2) is 7.25. The maximum Gasteiger partial charge on any atom is 0.0964 e. The summed E-state index contributed by atoms with van der Waals surface area (Å²) in [6.07, 6.45) is 3.00. The molecule has 0 atom stereocenters. The zero-order valence-electron chi connectivity index (χ0n) is 10.5. The minimum atomic E-state index is 0.715. The molecule has 0 saturated carbocycles. The van der Waals surface area contributed by atoms with Crippen molar-refractivity contribution < 1.29 is 4.74 Å². The van der Waals surface area contributed by atoms with Crippen molar-refractivity contribution in [2.75, 3.05) is 20.3 Å². The molecule has 0 aliphatic heterocycles. The molecular weight excluding hydrogens is 248 g/mol. The number of ether oxygens (including phenoxy) is 1. The van der Waals surface area contributed by atoms with Crippen molar-refractivity contribution in [1.29, 1.82) is 0 Å². The second-order valence-electron chi connectivity index (χ2n) is 4.02. The van der Waals surface area contributed by atoms with Gasteiger partial charge in [-0.2, -0.15) is 11.3 Å². The molecule has 0 spiro atoms. The van der Waals surface area contributed by atoms with Gasteiger partial charge in [0.25, 0.3) is 0 Å². The molecule has 2 aromatic heterocycles. The van der Waals surface area contributed by atoms with Gasteiger partial charge in [-0.1, -0.05) is 5.21 Å². The molecule has 0 aliphatic carbocycles. The zero-order valence-corrected chi connectivity index (χ0v) is 11.3. The molecule has 18 heavy (non-hydrogen) atoms. The number of aryl methyl sites for hydroxylation is 2. The Bertz CT molecular complexity index is 441. The van der Waals surface area contributed by atoms with Crippen molar-refractivity contribution in [2.45, 2.75) is 19.5 Å². The van der Waals surface area contributed by atoms with E-state index in [2.05, 4.69) is 32.5 Å². The van der Waals surface area contributed by atoms with E-state index in [1.807, 2.05) is 10.9 Å². The number of hydrogen-bond donors (Lipinski definition) is 1. The third kappa shape index (κ3) is 4.21. The molecule has 2 aromatic rings. The predicted octanol–water partition coefficient (Wildman–Crippen LogP) is 1.32. The highest BCUT2D eigenvalue weighted by Crippen LogP contribution is 2.07. The van der Waals surface area contributed by atoms with Crippen LogP contribution in [0.3, 0.4) is 0 Å². The summed E-state index contributed by atoms with van der Waals surface area (Å²) in [5, 5.41) is 15.8. The van der Waals surface area contributed by atoms with Crippen molar-refractivity contribution >= 4 is 11.3 Å². The van der Waals surface area contributed by atoms with Crippen LogP contribution >= 0.6 is 11.3 Å². The van der Waals surface area contributed by atoms with E-state index in [9.17, 15) is 0 Å². The van der Waals surface area contributed by atoms with Gasteiger partial charge < -0.3 is 10.1 Å². The van der Waals surface area contributed by atoms with E-state index in [4.69, 9.17) is 4.74 Å². The first-order chi connectivity index (χ1) is 8.88. The molecule has 0 aromatic carbocycles. The number of methoxy groups -OCH3 is 1. The molecule has 98 valence electrons. The van der Waals surface area contributed by atoms with Gasteiger partial charge in [0.15, 0.2) is 0 Å². The van der Waals surface area contributed by atoms with Gasteiger partial charge in [0, 0.05) is 32.9 Å². The number of hydrogen-bond acceptors (Lipinski definition) is 5. The van der Waals surface area contributed by atoms with E-state index >= 15 is 0 Å². The van der Waals surface area contributed by atoms with Crippen LogP contribution in [0.25, 0.3) is 0 Å². The maximum absolute atomic E-state index is 4.96. The van der Waals surface area contributed by atoms with Crippen LogP contribution in [-0.4, -0.2) is 35.3 Å². The Labute approximate surface area is 111 Å². The Balaban J connectivity index is 1.72. The molecule has 0 radical (unpaired) electrons. The Morgan fingerprint density at radius 2 is 2.44 bits per heavy atom. The monoisotopic (exact) mass is 266 g/mol. The van der Waals surface area contributed by atoms with Crippen LogP contribution in [0.15, 0.2) is 23.0 Å². The molecule has 6 heteroatoms. The average molecular weight is 266 g/mol. The van der Waals surface area contributed by atoms with Gasteiger partial charge in [-0.3, -0.25) is 4.68 Å². The van der Waals surface area contributed by atoms with Gasteiger partial charge in [0.1, 0.15) is 0 Å². The topological polar surface area (TPSA) is 52.0 Å². The highest BCUT2D eigenvalue weighted by molar-refractivity contribution is 7.07. The summed E-state index contributed by atoms with van der Waals surface area (Å²) in [5.41, 5.74) is 2.33. The lowest BCUT2D eigenvalue weighted by atomic mass is 10.2. The first-order valence-corrected chi connectivity index (χ1v) is 6.92. The van der Waals surface area contributed by atoms with Crippen LogP contribution in [0.4, 0.5) is 0 Å². The summed E-state index contributed by atoms with van der Waals surface area (Å²) < 4.78 is 6.86. The van der Waals surface area contributed by atoms with Crippen LogP contribution in [-0.2, 0) is 24.2 Å². The third-order valence-corrected chi connectivity index (χ3v) is 3.32. The minimum absolute atomic E-state index is 0.715. The molecule has 0 bridgehead atoms. The second-order valence-corrected chi connectivity index (χ2v) is 4.80. The lowest BCUT2D eigenvalue weighted by Gasteiger charge is -2.00. The van der Waals surface area contributed by atoms with Crippen molar-refractivity contribution in [3.8, 4) is 0 Å². The first-order valence-electron chi connectivity index (χ1n) is 5.98. The highest BCUT2D eigenvalue weighted by Gasteiger charge is 2.01. The average Bonchev–Trinajstić information content (AvgIpc) is 3.03. The number of nitrogens with one attached hydrogen (secondary N) is 1. The Morgan fingerprint density at radius 1 is 1.50 bits per heavy atom. The largest absolute Gasteiger partial charge is 0.383 e. The zero-order chi connectivity index (χ0) is 12.6. The molecule has 2 rings (SSSR count). The Kier molecular flexibility index (Phi) is 5.32. The molecule has 1 N–H and O–H groups in total.